The highest BCUT2D eigenvalue weighted by Crippen LogP contribution is 2.31. The maximum absolute atomic E-state index is 8.93. The Morgan fingerprint density at radius 3 is 2.41 bits per heavy atom. The summed E-state index contributed by atoms with van der Waals surface area (Å²) in [7, 11) is 0. The van der Waals surface area contributed by atoms with Crippen LogP contribution in [0.3, 0.4) is 0 Å². The van der Waals surface area contributed by atoms with Gasteiger partial charge in [0.15, 0.2) is 0 Å². The maximum atomic E-state index is 8.93. The van der Waals surface area contributed by atoms with E-state index in [2.05, 4.69) is 15.9 Å². The lowest BCUT2D eigenvalue weighted by Gasteiger charge is -2.08. The molecule has 4 heteroatoms. The Kier molecular flexibility index (Phi) is 4.05. The molecule has 0 atom stereocenters. The van der Waals surface area contributed by atoms with Gasteiger partial charge in [0.25, 0.3) is 0 Å². The quantitative estimate of drug-likeness (QED) is 0.911. The van der Waals surface area contributed by atoms with Crippen LogP contribution in [0.25, 0.3) is 0 Å². The molecule has 0 radical (unpaired) electrons. The first-order valence-corrected chi connectivity index (χ1v) is 6.19. The van der Waals surface area contributed by atoms with Crippen molar-refractivity contribution in [1.29, 1.82) is 0 Å². The molecule has 2 rings (SSSR count). The van der Waals surface area contributed by atoms with Crippen molar-refractivity contribution in [1.82, 2.24) is 0 Å². The number of benzene rings is 2. The Morgan fingerprint density at radius 2 is 1.82 bits per heavy atom. The summed E-state index contributed by atoms with van der Waals surface area (Å²) >= 11 is 9.38. The Morgan fingerprint density at radius 1 is 1.12 bits per heavy atom. The fourth-order valence-corrected chi connectivity index (χ4v) is 2.06. The van der Waals surface area contributed by atoms with Crippen LogP contribution in [0.5, 0.6) is 11.5 Å². The summed E-state index contributed by atoms with van der Waals surface area (Å²) in [6, 6.07) is 12.6. The molecule has 0 aromatic heterocycles. The average Bonchev–Trinajstić information content (AvgIpc) is 2.34. The third kappa shape index (κ3) is 3.22. The highest BCUT2D eigenvalue weighted by atomic mass is 79.9. The summed E-state index contributed by atoms with van der Waals surface area (Å²) in [5.41, 5.74) is 0.847. The smallest absolute Gasteiger partial charge is 0.146 e. The Hall–Kier alpha value is -1.03. The normalized spacial score (nSPS) is 10.3. The lowest BCUT2D eigenvalue weighted by molar-refractivity contribution is 0.281. The minimum atomic E-state index is 0.0271. The van der Waals surface area contributed by atoms with Crippen molar-refractivity contribution in [3.63, 3.8) is 0 Å². The SMILES string of the molecule is OCc1ccc(Oc2ccc(Br)cc2Cl)cc1. The molecule has 0 saturated heterocycles. The van der Waals surface area contributed by atoms with E-state index in [0.29, 0.717) is 16.5 Å². The van der Waals surface area contributed by atoms with Gasteiger partial charge in [-0.2, -0.15) is 0 Å². The molecule has 2 nitrogen and oxygen atoms in total. The van der Waals surface area contributed by atoms with Crippen molar-refractivity contribution in [2.75, 3.05) is 0 Å². The molecule has 0 bridgehead atoms. The molecule has 0 unspecified atom stereocenters. The molecule has 0 fully saturated rings. The number of hydrogen-bond acceptors (Lipinski definition) is 2. The van der Waals surface area contributed by atoms with Gasteiger partial charge >= 0.3 is 0 Å². The Bertz CT molecular complexity index is 511. The molecule has 0 aliphatic carbocycles. The number of ether oxygens (including phenoxy) is 1. The molecule has 88 valence electrons. The molecular weight excluding hydrogens is 303 g/mol. The van der Waals surface area contributed by atoms with E-state index in [-0.39, 0.29) is 6.61 Å². The molecule has 0 heterocycles. The predicted octanol–water partition coefficient (Wildman–Crippen LogP) is 4.39. The van der Waals surface area contributed by atoms with Crippen LogP contribution in [0.4, 0.5) is 0 Å². The van der Waals surface area contributed by atoms with Crippen LogP contribution < -0.4 is 4.74 Å². The molecule has 0 aliphatic heterocycles. The molecule has 0 saturated carbocycles. The largest absolute Gasteiger partial charge is 0.456 e. The first kappa shape index (κ1) is 12.4. The van der Waals surface area contributed by atoms with Crippen LogP contribution in [-0.2, 0) is 6.61 Å². The Labute approximate surface area is 113 Å². The van der Waals surface area contributed by atoms with Crippen LogP contribution in [0, 0.1) is 0 Å². The monoisotopic (exact) mass is 312 g/mol. The number of halogens is 2. The summed E-state index contributed by atoms with van der Waals surface area (Å²) in [4.78, 5) is 0. The van der Waals surface area contributed by atoms with Crippen molar-refractivity contribution in [3.05, 3.63) is 57.5 Å². The van der Waals surface area contributed by atoms with E-state index in [4.69, 9.17) is 21.4 Å². The number of hydrogen-bond donors (Lipinski definition) is 1. The van der Waals surface area contributed by atoms with Crippen LogP contribution >= 0.6 is 27.5 Å². The number of aliphatic hydroxyl groups is 1. The van der Waals surface area contributed by atoms with Crippen LogP contribution in [0.1, 0.15) is 5.56 Å². The molecule has 2 aromatic rings. The van der Waals surface area contributed by atoms with E-state index in [1.54, 1.807) is 24.3 Å². The van der Waals surface area contributed by atoms with Gasteiger partial charge in [-0.25, -0.2) is 0 Å². The van der Waals surface area contributed by atoms with Gasteiger partial charge in [-0.05, 0) is 35.9 Å². The van der Waals surface area contributed by atoms with Gasteiger partial charge in [0.05, 0.1) is 11.6 Å². The third-order valence-corrected chi connectivity index (χ3v) is 3.02. The van der Waals surface area contributed by atoms with Crippen molar-refractivity contribution < 1.29 is 9.84 Å². The first-order chi connectivity index (χ1) is 8.19. The van der Waals surface area contributed by atoms with Gasteiger partial charge in [-0.1, -0.05) is 39.7 Å². The molecule has 1 N–H and O–H groups in total. The van der Waals surface area contributed by atoms with Gasteiger partial charge < -0.3 is 9.84 Å². The van der Waals surface area contributed by atoms with Gasteiger partial charge in [0.1, 0.15) is 11.5 Å². The predicted molar refractivity (Wildman–Crippen MR) is 71.6 cm³/mol. The van der Waals surface area contributed by atoms with Crippen molar-refractivity contribution in [2.24, 2.45) is 0 Å². The summed E-state index contributed by atoms with van der Waals surface area (Å²) in [6.45, 7) is 0.0271. The topological polar surface area (TPSA) is 29.5 Å². The van der Waals surface area contributed by atoms with E-state index in [1.165, 1.54) is 0 Å². The van der Waals surface area contributed by atoms with Crippen molar-refractivity contribution in [2.45, 2.75) is 6.61 Å². The van der Waals surface area contributed by atoms with E-state index in [0.717, 1.165) is 10.0 Å². The van der Waals surface area contributed by atoms with Gasteiger partial charge in [0, 0.05) is 4.47 Å². The van der Waals surface area contributed by atoms with E-state index in [9.17, 15) is 0 Å². The lowest BCUT2D eigenvalue weighted by atomic mass is 10.2. The van der Waals surface area contributed by atoms with Crippen molar-refractivity contribution in [3.8, 4) is 11.5 Å². The maximum Gasteiger partial charge on any atom is 0.146 e. The lowest BCUT2D eigenvalue weighted by Crippen LogP contribution is -1.87. The summed E-state index contributed by atoms with van der Waals surface area (Å²) in [6.07, 6.45) is 0. The highest BCUT2D eigenvalue weighted by molar-refractivity contribution is 9.10. The molecule has 17 heavy (non-hydrogen) atoms. The molecule has 0 aliphatic rings. The summed E-state index contributed by atoms with van der Waals surface area (Å²) < 4.78 is 6.54. The zero-order valence-electron chi connectivity index (χ0n) is 8.86. The highest BCUT2D eigenvalue weighted by Gasteiger charge is 2.03. The second-order valence-corrected chi connectivity index (χ2v) is 4.80. The van der Waals surface area contributed by atoms with Crippen molar-refractivity contribution >= 4 is 27.5 Å². The van der Waals surface area contributed by atoms with Crippen LogP contribution in [0.15, 0.2) is 46.9 Å². The second-order valence-electron chi connectivity index (χ2n) is 3.48. The molecular formula is C13H10BrClO2. The van der Waals surface area contributed by atoms with E-state index < -0.39 is 0 Å². The zero-order chi connectivity index (χ0) is 12.3. The fraction of sp³-hybridized carbons (Fsp3) is 0.0769. The molecule has 0 amide bonds. The van der Waals surface area contributed by atoms with Gasteiger partial charge in [-0.3, -0.25) is 0 Å². The zero-order valence-corrected chi connectivity index (χ0v) is 11.2. The number of rotatable bonds is 3. The minimum Gasteiger partial charge on any atom is -0.456 e. The second kappa shape index (κ2) is 5.54. The standard InChI is InChI=1S/C13H10BrClO2/c14-10-3-6-13(12(15)7-10)17-11-4-1-9(8-16)2-5-11/h1-7,16H,8H2. The van der Waals surface area contributed by atoms with Crippen LogP contribution in [-0.4, -0.2) is 5.11 Å². The van der Waals surface area contributed by atoms with E-state index >= 15 is 0 Å². The number of aliphatic hydroxyl groups excluding tert-OH is 1. The van der Waals surface area contributed by atoms with Gasteiger partial charge in [0.2, 0.25) is 0 Å². The van der Waals surface area contributed by atoms with E-state index in [1.807, 2.05) is 18.2 Å². The van der Waals surface area contributed by atoms with Gasteiger partial charge in [-0.15, -0.1) is 0 Å². The minimum absolute atomic E-state index is 0.0271. The first-order valence-electron chi connectivity index (χ1n) is 5.02. The fourth-order valence-electron chi connectivity index (χ4n) is 1.35. The Balaban J connectivity index is 2.19. The third-order valence-electron chi connectivity index (χ3n) is 2.23. The molecule has 0 spiro atoms. The summed E-state index contributed by atoms with van der Waals surface area (Å²) in [5, 5.41) is 9.47. The summed E-state index contributed by atoms with van der Waals surface area (Å²) in [5.74, 6) is 1.29. The van der Waals surface area contributed by atoms with Crippen LogP contribution in [0.2, 0.25) is 5.02 Å². The molecule has 2 aromatic carbocycles. The average molecular weight is 314 g/mol.